The Morgan fingerprint density at radius 2 is 1.83 bits per heavy atom. The first kappa shape index (κ1) is 17.7. The minimum Gasteiger partial charge on any atom is -0.465 e. The molecule has 0 bridgehead atoms. The predicted molar refractivity (Wildman–Crippen MR) is 86.9 cm³/mol. The Labute approximate surface area is 144 Å². The maximum absolute atomic E-state index is 13.9. The zero-order valence-corrected chi connectivity index (χ0v) is 13.9. The first-order valence-electron chi connectivity index (χ1n) is 6.59. The highest BCUT2D eigenvalue weighted by Gasteiger charge is 2.14. The molecule has 24 heavy (non-hydrogen) atoms. The Morgan fingerprint density at radius 3 is 2.42 bits per heavy atom. The van der Waals surface area contributed by atoms with Gasteiger partial charge in [0.2, 0.25) is 0 Å². The van der Waals surface area contributed by atoms with Gasteiger partial charge in [-0.1, -0.05) is 12.1 Å². The summed E-state index contributed by atoms with van der Waals surface area (Å²) in [4.78, 5) is 23.2. The number of nitrogens with zero attached hydrogens (tertiary/aromatic N) is 1. The summed E-state index contributed by atoms with van der Waals surface area (Å²) in [7, 11) is 1.10. The van der Waals surface area contributed by atoms with E-state index in [9.17, 15) is 18.4 Å². The van der Waals surface area contributed by atoms with Crippen molar-refractivity contribution in [1.29, 1.82) is 0 Å². The van der Waals surface area contributed by atoms with E-state index >= 15 is 0 Å². The van der Waals surface area contributed by atoms with Crippen molar-refractivity contribution >= 4 is 34.0 Å². The molecule has 1 N–H and O–H groups in total. The van der Waals surface area contributed by atoms with Gasteiger partial charge < -0.3 is 4.74 Å². The van der Waals surface area contributed by atoms with E-state index < -0.39 is 29.1 Å². The first-order chi connectivity index (χ1) is 11.4. The summed E-state index contributed by atoms with van der Waals surface area (Å²) in [6, 6.07) is 8.27. The van der Waals surface area contributed by atoms with E-state index in [4.69, 9.17) is 0 Å². The normalized spacial score (nSPS) is 10.7. The number of halogens is 3. The largest absolute Gasteiger partial charge is 0.465 e. The Bertz CT molecular complexity index is 802. The molecule has 0 aromatic heterocycles. The fraction of sp³-hybridized carbons (Fsp3) is 0.0625. The Balaban J connectivity index is 2.16. The highest BCUT2D eigenvalue weighted by molar-refractivity contribution is 9.10. The summed E-state index contributed by atoms with van der Waals surface area (Å²) in [5.41, 5.74) is 1.73. The van der Waals surface area contributed by atoms with Crippen LogP contribution in [0.2, 0.25) is 0 Å². The SMILES string of the molecule is COC(=O)c1cc(F)c(/C=N/NC(=O)c2ccccc2Br)c(F)c1. The number of hydrogen-bond donors (Lipinski definition) is 1. The topological polar surface area (TPSA) is 67.8 Å². The average Bonchev–Trinajstić information content (AvgIpc) is 2.56. The van der Waals surface area contributed by atoms with Gasteiger partial charge in [0, 0.05) is 4.47 Å². The van der Waals surface area contributed by atoms with Crippen molar-refractivity contribution in [3.05, 3.63) is 69.2 Å². The zero-order chi connectivity index (χ0) is 17.7. The van der Waals surface area contributed by atoms with Crippen LogP contribution < -0.4 is 5.43 Å². The number of esters is 1. The summed E-state index contributed by atoms with van der Waals surface area (Å²) < 4.78 is 32.7. The van der Waals surface area contributed by atoms with Gasteiger partial charge in [0.15, 0.2) is 0 Å². The van der Waals surface area contributed by atoms with Gasteiger partial charge in [0.05, 0.1) is 30.0 Å². The molecule has 0 saturated carbocycles. The summed E-state index contributed by atoms with van der Waals surface area (Å²) in [5.74, 6) is -3.42. The number of carbonyl (C=O) groups is 2. The number of carbonyl (C=O) groups excluding carboxylic acids is 2. The van der Waals surface area contributed by atoms with E-state index in [1.165, 1.54) is 0 Å². The minimum atomic E-state index is -1.01. The van der Waals surface area contributed by atoms with Crippen LogP contribution in [0, 0.1) is 11.6 Å². The monoisotopic (exact) mass is 396 g/mol. The molecule has 2 rings (SSSR count). The molecule has 0 fully saturated rings. The summed E-state index contributed by atoms with van der Waals surface area (Å²) >= 11 is 3.21. The molecule has 0 aliphatic carbocycles. The van der Waals surface area contributed by atoms with E-state index in [-0.39, 0.29) is 5.56 Å². The molecule has 0 spiro atoms. The van der Waals surface area contributed by atoms with Crippen LogP contribution in [0.3, 0.4) is 0 Å². The fourth-order valence-electron chi connectivity index (χ4n) is 1.80. The van der Waals surface area contributed by atoms with Crippen molar-refractivity contribution in [3.63, 3.8) is 0 Å². The van der Waals surface area contributed by atoms with E-state index in [1.54, 1.807) is 24.3 Å². The molecule has 2 aromatic rings. The van der Waals surface area contributed by atoms with Gasteiger partial charge in [-0.2, -0.15) is 5.10 Å². The molecule has 0 heterocycles. The Hall–Kier alpha value is -2.61. The van der Waals surface area contributed by atoms with Crippen molar-refractivity contribution in [2.75, 3.05) is 7.11 Å². The summed E-state index contributed by atoms with van der Waals surface area (Å²) in [5, 5.41) is 3.53. The van der Waals surface area contributed by atoms with Crippen LogP contribution in [0.15, 0.2) is 46.0 Å². The molecule has 0 aliphatic heterocycles. The number of hydrogen-bond acceptors (Lipinski definition) is 4. The van der Waals surface area contributed by atoms with E-state index in [1.807, 2.05) is 0 Å². The molecule has 1 amide bonds. The lowest BCUT2D eigenvalue weighted by atomic mass is 10.1. The Morgan fingerprint density at radius 1 is 1.21 bits per heavy atom. The molecule has 2 aromatic carbocycles. The molecule has 0 unspecified atom stereocenters. The van der Waals surface area contributed by atoms with Crippen molar-refractivity contribution < 1.29 is 23.1 Å². The van der Waals surface area contributed by atoms with Crippen LogP contribution in [0.25, 0.3) is 0 Å². The number of hydrazone groups is 1. The number of rotatable bonds is 4. The third kappa shape index (κ3) is 4.02. The molecule has 0 saturated heterocycles. The molecule has 0 atom stereocenters. The van der Waals surface area contributed by atoms with Crippen molar-refractivity contribution in [2.24, 2.45) is 5.10 Å². The number of nitrogens with one attached hydrogen (secondary N) is 1. The van der Waals surface area contributed by atoms with Crippen molar-refractivity contribution in [1.82, 2.24) is 5.43 Å². The maximum Gasteiger partial charge on any atom is 0.338 e. The van der Waals surface area contributed by atoms with E-state index in [0.29, 0.717) is 10.0 Å². The highest BCUT2D eigenvalue weighted by Crippen LogP contribution is 2.16. The standard InChI is InChI=1S/C16H11BrF2N2O3/c1-24-16(23)9-6-13(18)11(14(19)7-9)8-20-21-15(22)10-4-2-3-5-12(10)17/h2-8H,1H3,(H,21,22)/b20-8+. The van der Waals surface area contributed by atoms with Crippen molar-refractivity contribution in [3.8, 4) is 0 Å². The average molecular weight is 397 g/mol. The van der Waals surface area contributed by atoms with Crippen LogP contribution in [-0.4, -0.2) is 25.2 Å². The molecule has 0 aliphatic rings. The molecule has 5 nitrogen and oxygen atoms in total. The van der Waals surface area contributed by atoms with Crippen molar-refractivity contribution in [2.45, 2.75) is 0 Å². The lowest BCUT2D eigenvalue weighted by molar-refractivity contribution is 0.0599. The van der Waals surface area contributed by atoms with Crippen LogP contribution >= 0.6 is 15.9 Å². The molecule has 0 radical (unpaired) electrons. The van der Waals surface area contributed by atoms with Crippen LogP contribution in [0.4, 0.5) is 8.78 Å². The second kappa shape index (κ2) is 7.78. The molecule has 124 valence electrons. The second-order valence-electron chi connectivity index (χ2n) is 4.52. The van der Waals surface area contributed by atoms with E-state index in [2.05, 4.69) is 31.2 Å². The molecular formula is C16H11BrF2N2O3. The second-order valence-corrected chi connectivity index (χ2v) is 5.38. The van der Waals surface area contributed by atoms with Gasteiger partial charge in [-0.15, -0.1) is 0 Å². The van der Waals surface area contributed by atoms with E-state index in [0.717, 1.165) is 25.5 Å². The predicted octanol–water partition coefficient (Wildman–Crippen LogP) is 3.28. The number of methoxy groups -OCH3 is 1. The number of ether oxygens (including phenoxy) is 1. The third-order valence-electron chi connectivity index (χ3n) is 2.98. The number of benzene rings is 2. The zero-order valence-electron chi connectivity index (χ0n) is 12.3. The van der Waals surface area contributed by atoms with Gasteiger partial charge in [-0.25, -0.2) is 19.0 Å². The van der Waals surface area contributed by atoms with Crippen LogP contribution in [-0.2, 0) is 4.74 Å². The van der Waals surface area contributed by atoms with Gasteiger partial charge in [0.25, 0.3) is 5.91 Å². The number of amides is 1. The van der Waals surface area contributed by atoms with Gasteiger partial charge in [-0.05, 0) is 40.2 Å². The smallest absolute Gasteiger partial charge is 0.338 e. The minimum absolute atomic E-state index is 0.262. The lowest BCUT2D eigenvalue weighted by Crippen LogP contribution is -2.18. The van der Waals surface area contributed by atoms with Crippen LogP contribution in [0.1, 0.15) is 26.3 Å². The van der Waals surface area contributed by atoms with Crippen LogP contribution in [0.5, 0.6) is 0 Å². The molecule has 8 heteroatoms. The third-order valence-corrected chi connectivity index (χ3v) is 3.67. The van der Waals surface area contributed by atoms with Gasteiger partial charge in [0.1, 0.15) is 11.6 Å². The quantitative estimate of drug-likeness (QED) is 0.489. The Kier molecular flexibility index (Phi) is 5.75. The summed E-state index contributed by atoms with van der Waals surface area (Å²) in [6.07, 6.45) is 0.820. The highest BCUT2D eigenvalue weighted by atomic mass is 79.9. The first-order valence-corrected chi connectivity index (χ1v) is 7.38. The fourth-order valence-corrected chi connectivity index (χ4v) is 2.27. The molecular weight excluding hydrogens is 386 g/mol. The summed E-state index contributed by atoms with van der Waals surface area (Å²) in [6.45, 7) is 0. The van der Waals surface area contributed by atoms with Gasteiger partial charge >= 0.3 is 5.97 Å². The lowest BCUT2D eigenvalue weighted by Gasteiger charge is -2.04. The maximum atomic E-state index is 13.9. The van der Waals surface area contributed by atoms with Gasteiger partial charge in [-0.3, -0.25) is 4.79 Å².